The van der Waals surface area contributed by atoms with Gasteiger partial charge in [0.1, 0.15) is 6.61 Å². The number of benzene rings is 1. The second-order valence-corrected chi connectivity index (χ2v) is 12.1. The highest BCUT2D eigenvalue weighted by Gasteiger charge is 2.67. The molecule has 0 saturated carbocycles. The number of imide groups is 1. The lowest BCUT2D eigenvalue weighted by Gasteiger charge is -2.41. The number of pyridine rings is 1. The summed E-state index contributed by atoms with van der Waals surface area (Å²) in [6.45, 7) is -0.201. The van der Waals surface area contributed by atoms with Crippen molar-refractivity contribution in [2.45, 2.75) is 17.8 Å². The molecule has 1 aromatic carbocycles. The molecule has 2 fully saturated rings. The highest BCUT2D eigenvalue weighted by atomic mass is 35.5. The number of rotatable bonds is 4. The average Bonchev–Trinajstić information content (AvgIpc) is 3.21. The van der Waals surface area contributed by atoms with Crippen molar-refractivity contribution in [3.63, 3.8) is 0 Å². The molecular formula is C18H16ClFN2O11P2. The van der Waals surface area contributed by atoms with E-state index in [9.17, 15) is 38.0 Å². The Bertz CT molecular complexity index is 1230. The number of carbonyl (C=O) groups is 2. The van der Waals surface area contributed by atoms with Gasteiger partial charge in [0.25, 0.3) is 5.08 Å². The zero-order chi connectivity index (χ0) is 25.6. The number of ether oxygens (including phenoxy) is 2. The second kappa shape index (κ2) is 9.23. The third-order valence-electron chi connectivity index (χ3n) is 5.01. The van der Waals surface area contributed by atoms with E-state index in [-0.39, 0.29) is 18.7 Å². The van der Waals surface area contributed by atoms with Gasteiger partial charge in [-0.25, -0.2) is 18.9 Å². The van der Waals surface area contributed by atoms with Crippen LogP contribution in [0, 0.1) is 5.82 Å². The zero-order valence-electron chi connectivity index (χ0n) is 17.3. The predicted octanol–water partition coefficient (Wildman–Crippen LogP) is 3.13. The normalized spacial score (nSPS) is 30.7. The van der Waals surface area contributed by atoms with Crippen molar-refractivity contribution in [3.8, 4) is 5.75 Å². The van der Waals surface area contributed by atoms with Crippen LogP contribution in [-0.2, 0) is 29.3 Å². The van der Waals surface area contributed by atoms with E-state index in [0.717, 1.165) is 6.07 Å². The van der Waals surface area contributed by atoms with Gasteiger partial charge in [-0.1, -0.05) is 17.7 Å². The fourth-order valence-corrected chi connectivity index (χ4v) is 7.05. The van der Waals surface area contributed by atoms with Gasteiger partial charge in [0.15, 0.2) is 11.6 Å². The molecule has 35 heavy (non-hydrogen) atoms. The fourth-order valence-electron chi connectivity index (χ4n) is 3.22. The number of halogens is 2. The molecule has 13 nitrogen and oxygen atoms in total. The molecule has 3 N–H and O–H groups in total. The van der Waals surface area contributed by atoms with Gasteiger partial charge in [0.05, 0.1) is 11.6 Å². The molecule has 1 aromatic heterocycles. The minimum Gasteiger partial charge on any atom is -0.447 e. The molecule has 4 rings (SSSR count). The first-order chi connectivity index (χ1) is 16.3. The molecule has 2 atom stereocenters. The molecule has 3 heterocycles. The molecule has 2 aliphatic heterocycles. The second-order valence-electron chi connectivity index (χ2n) is 7.34. The van der Waals surface area contributed by atoms with Crippen LogP contribution < -0.4 is 4.74 Å². The van der Waals surface area contributed by atoms with E-state index in [2.05, 4.69) is 9.72 Å². The topological polar surface area (TPSA) is 182 Å². The molecule has 2 unspecified atom stereocenters. The van der Waals surface area contributed by atoms with Gasteiger partial charge in [-0.3, -0.25) is 23.2 Å². The number of hydrogen-bond acceptors (Lipinski definition) is 10. The first kappa shape index (κ1) is 25.7. The number of hydrogen-bond donors (Lipinski definition) is 3. The van der Waals surface area contributed by atoms with Crippen LogP contribution in [0.25, 0.3) is 0 Å². The van der Waals surface area contributed by atoms with E-state index >= 15 is 0 Å². The molecule has 0 bridgehead atoms. The zero-order valence-corrected chi connectivity index (χ0v) is 19.9. The molecule has 0 spiro atoms. The molecule has 2 aromatic rings. The number of aliphatic hydroxyl groups is 1. The van der Waals surface area contributed by atoms with Crippen LogP contribution >= 0.6 is 26.8 Å². The Morgan fingerprint density at radius 2 is 2.00 bits per heavy atom. The van der Waals surface area contributed by atoms with E-state index in [1.165, 1.54) is 24.5 Å². The third-order valence-corrected chi connectivity index (χ3v) is 9.89. The van der Waals surface area contributed by atoms with Crippen LogP contribution in [-0.4, -0.2) is 55.2 Å². The molecule has 2 aliphatic rings. The van der Waals surface area contributed by atoms with E-state index in [1.807, 2.05) is 0 Å². The predicted molar refractivity (Wildman–Crippen MR) is 113 cm³/mol. The van der Waals surface area contributed by atoms with Crippen molar-refractivity contribution >= 4 is 39.0 Å². The van der Waals surface area contributed by atoms with Crippen molar-refractivity contribution in [2.24, 2.45) is 0 Å². The Kier molecular flexibility index (Phi) is 6.77. The maximum Gasteiger partial charge on any atom is 0.425 e. The number of nitrogens with zero attached hydrogens (tertiary/aromatic N) is 2. The van der Waals surface area contributed by atoms with E-state index in [1.54, 1.807) is 0 Å². The van der Waals surface area contributed by atoms with Crippen LogP contribution in [0.4, 0.5) is 14.0 Å². The number of carbonyl (C=O) groups excluding carboxylic acids is 2. The summed E-state index contributed by atoms with van der Waals surface area (Å²) in [6, 6.07) is 4.30. The Morgan fingerprint density at radius 1 is 1.31 bits per heavy atom. The van der Waals surface area contributed by atoms with E-state index in [0.29, 0.717) is 11.0 Å². The molecule has 0 aliphatic carbocycles. The van der Waals surface area contributed by atoms with Gasteiger partial charge in [0, 0.05) is 24.4 Å². The van der Waals surface area contributed by atoms with Gasteiger partial charge in [-0.2, -0.15) is 0 Å². The Morgan fingerprint density at radius 3 is 2.54 bits per heavy atom. The van der Waals surface area contributed by atoms with Crippen LogP contribution in [0.2, 0.25) is 5.02 Å². The first-order valence-electron chi connectivity index (χ1n) is 9.63. The Hall–Kier alpha value is -2.41. The number of cyclic esters (lactones) is 1. The minimum absolute atomic E-state index is 0.0744. The van der Waals surface area contributed by atoms with E-state index < -0.39 is 67.3 Å². The van der Waals surface area contributed by atoms with E-state index in [4.69, 9.17) is 25.4 Å². The number of amides is 2. The summed E-state index contributed by atoms with van der Waals surface area (Å²) >= 11 is 5.96. The SMILES string of the molecule is O=C1OCCN1C(=O)Oc1c(F)cc(C2OP(=O)(O)C(O)(Cc3cccnc3)P(=O)(O)O2)cc1Cl. The fraction of sp³-hybridized carbons (Fsp3) is 0.278. The summed E-state index contributed by atoms with van der Waals surface area (Å²) in [5, 5.41) is 6.91. The number of aromatic nitrogens is 1. The summed E-state index contributed by atoms with van der Waals surface area (Å²) in [7, 11) is -10.6. The molecular weight excluding hydrogens is 537 g/mol. The monoisotopic (exact) mass is 552 g/mol. The first-order valence-corrected chi connectivity index (χ1v) is 13.2. The van der Waals surface area contributed by atoms with Crippen LogP contribution in [0.5, 0.6) is 5.75 Å². The maximum atomic E-state index is 14.7. The van der Waals surface area contributed by atoms with Gasteiger partial charge < -0.3 is 24.4 Å². The van der Waals surface area contributed by atoms with Crippen molar-refractivity contribution < 1.29 is 56.5 Å². The smallest absolute Gasteiger partial charge is 0.425 e. The lowest BCUT2D eigenvalue weighted by molar-refractivity contribution is -0.0580. The third kappa shape index (κ3) is 4.72. The lowest BCUT2D eigenvalue weighted by Crippen LogP contribution is -2.38. The van der Waals surface area contributed by atoms with Crippen LogP contribution in [0.1, 0.15) is 17.4 Å². The Labute approximate surface area is 201 Å². The highest BCUT2D eigenvalue weighted by Crippen LogP contribution is 2.79. The van der Waals surface area contributed by atoms with Crippen molar-refractivity contribution in [1.82, 2.24) is 9.88 Å². The van der Waals surface area contributed by atoms with Gasteiger partial charge >= 0.3 is 27.4 Å². The van der Waals surface area contributed by atoms with Crippen molar-refractivity contribution in [2.75, 3.05) is 13.2 Å². The van der Waals surface area contributed by atoms with Crippen LogP contribution in [0.15, 0.2) is 36.7 Å². The van der Waals surface area contributed by atoms with Gasteiger partial charge in [0.2, 0.25) is 6.29 Å². The maximum absolute atomic E-state index is 14.7. The van der Waals surface area contributed by atoms with Gasteiger partial charge in [-0.15, -0.1) is 0 Å². The quantitative estimate of drug-likeness (QED) is 0.472. The van der Waals surface area contributed by atoms with Crippen molar-refractivity contribution in [3.05, 3.63) is 58.6 Å². The standard InChI is InChI=1S/C18H16ClFN2O11P2/c19-12-6-11(7-13(20)14(12)31-17(24)22-4-5-30-16(22)23)15-32-34(26,27)18(25,35(28,29)33-15)8-10-2-1-3-21-9-10/h1-3,6-7,9,15,25H,4-5,8H2,(H,26,27)(H,28,29). The molecule has 17 heteroatoms. The minimum atomic E-state index is -5.32. The molecule has 0 radical (unpaired) electrons. The molecule has 2 amide bonds. The average molecular weight is 553 g/mol. The van der Waals surface area contributed by atoms with Gasteiger partial charge in [-0.05, 0) is 23.8 Å². The summed E-state index contributed by atoms with van der Waals surface area (Å²) in [4.78, 5) is 48.6. The molecule has 188 valence electrons. The highest BCUT2D eigenvalue weighted by molar-refractivity contribution is 7.73. The summed E-state index contributed by atoms with van der Waals surface area (Å²) in [5.41, 5.74) is -0.314. The lowest BCUT2D eigenvalue weighted by atomic mass is 10.2. The summed E-state index contributed by atoms with van der Waals surface area (Å²) < 4.78 is 59.6. The summed E-state index contributed by atoms with van der Waals surface area (Å²) in [6.07, 6.45) is -2.63. The largest absolute Gasteiger partial charge is 0.447 e. The summed E-state index contributed by atoms with van der Waals surface area (Å²) in [5.74, 6) is -2.10. The van der Waals surface area contributed by atoms with Crippen molar-refractivity contribution in [1.29, 1.82) is 0 Å². The molecule has 2 saturated heterocycles. The van der Waals surface area contributed by atoms with Crippen LogP contribution in [0.3, 0.4) is 0 Å². The Balaban J connectivity index is 1.59.